The number of rotatable bonds is 5. The van der Waals surface area contributed by atoms with Gasteiger partial charge in [0.15, 0.2) is 0 Å². The number of nitrogens with zero attached hydrogens (tertiary/aromatic N) is 1. The van der Waals surface area contributed by atoms with Gasteiger partial charge < -0.3 is 4.74 Å². The number of benzene rings is 2. The predicted molar refractivity (Wildman–Crippen MR) is 85.2 cm³/mol. The van der Waals surface area contributed by atoms with Gasteiger partial charge in [0.25, 0.3) is 5.69 Å². The van der Waals surface area contributed by atoms with E-state index in [9.17, 15) is 14.9 Å². The zero-order chi connectivity index (χ0) is 16.1. The minimum Gasteiger partial charge on any atom is -0.465 e. The first kappa shape index (κ1) is 16.0. The number of nitro benzene ring substituents is 1. The lowest BCUT2D eigenvalue weighted by atomic mass is 10.1. The fourth-order valence-electron chi connectivity index (χ4n) is 1.99. The largest absolute Gasteiger partial charge is 0.465 e. The molecule has 0 spiro atoms. The summed E-state index contributed by atoms with van der Waals surface area (Å²) in [4.78, 5) is 23.0. The summed E-state index contributed by atoms with van der Waals surface area (Å²) in [5.74, 6) is 0.00515. The summed E-state index contributed by atoms with van der Waals surface area (Å²) < 4.78 is 4.60. The highest BCUT2D eigenvalue weighted by molar-refractivity contribution is 7.98. The summed E-state index contributed by atoms with van der Waals surface area (Å²) in [6.07, 6.45) is 0. The Morgan fingerprint density at radius 1 is 1.27 bits per heavy atom. The maximum Gasteiger partial charge on any atom is 0.344 e. The van der Waals surface area contributed by atoms with Gasteiger partial charge in [-0.25, -0.2) is 4.79 Å². The average molecular weight is 317 g/mol. The Bertz CT molecular complexity index is 701. The van der Waals surface area contributed by atoms with E-state index in [-0.39, 0.29) is 11.3 Å². The van der Waals surface area contributed by atoms with Crippen LogP contribution < -0.4 is 0 Å². The molecule has 2 rings (SSSR count). The molecule has 0 aliphatic carbocycles. The molecule has 0 N–H and O–H groups in total. The van der Waals surface area contributed by atoms with Gasteiger partial charge in [0, 0.05) is 16.7 Å². The van der Waals surface area contributed by atoms with E-state index in [1.165, 1.54) is 31.0 Å². The van der Waals surface area contributed by atoms with Gasteiger partial charge in [-0.05, 0) is 24.1 Å². The number of esters is 1. The molecule has 6 heteroatoms. The maximum absolute atomic E-state index is 11.6. The highest BCUT2D eigenvalue weighted by Crippen LogP contribution is 2.32. The highest BCUT2D eigenvalue weighted by Gasteiger charge is 2.23. The zero-order valence-corrected chi connectivity index (χ0v) is 13.1. The molecule has 0 fully saturated rings. The molecule has 0 heterocycles. The summed E-state index contributed by atoms with van der Waals surface area (Å²) in [7, 11) is 1.21. The van der Waals surface area contributed by atoms with Gasteiger partial charge in [0.2, 0.25) is 0 Å². The Morgan fingerprint density at radius 3 is 2.55 bits per heavy atom. The molecule has 5 nitrogen and oxygen atoms in total. The number of methoxy groups -OCH3 is 1. The summed E-state index contributed by atoms with van der Waals surface area (Å²) in [6, 6.07) is 12.8. The molecule has 0 atom stereocenters. The lowest BCUT2D eigenvalue weighted by molar-refractivity contribution is -0.385. The second-order valence-electron chi connectivity index (χ2n) is 4.66. The number of thioether (sulfide) groups is 1. The van der Waals surface area contributed by atoms with E-state index in [2.05, 4.69) is 4.74 Å². The summed E-state index contributed by atoms with van der Waals surface area (Å²) in [6.45, 7) is 1.82. The number of hydrogen-bond acceptors (Lipinski definition) is 5. The molecule has 0 aliphatic heterocycles. The molecule has 2 aromatic carbocycles. The quantitative estimate of drug-likeness (QED) is 0.361. The minimum absolute atomic E-state index is 0.0194. The number of aryl methyl sites for hydroxylation is 1. The average Bonchev–Trinajstić information content (AvgIpc) is 2.53. The van der Waals surface area contributed by atoms with Gasteiger partial charge in [-0.2, -0.15) is 0 Å². The van der Waals surface area contributed by atoms with E-state index < -0.39 is 10.9 Å². The third kappa shape index (κ3) is 3.65. The van der Waals surface area contributed by atoms with Crippen LogP contribution in [0.1, 0.15) is 21.5 Å². The van der Waals surface area contributed by atoms with E-state index in [1.54, 1.807) is 0 Å². The van der Waals surface area contributed by atoms with Crippen LogP contribution >= 0.6 is 11.8 Å². The van der Waals surface area contributed by atoms with Gasteiger partial charge in [-0.3, -0.25) is 10.1 Å². The smallest absolute Gasteiger partial charge is 0.344 e. The van der Waals surface area contributed by atoms with Crippen molar-refractivity contribution in [1.82, 2.24) is 0 Å². The first-order valence-corrected chi connectivity index (χ1v) is 7.55. The standard InChI is InChI=1S/C16H15NO4S/c1-11-8-13(16(18)21-2)14(17(19)20)9-15(11)22-10-12-6-4-3-5-7-12/h3-9H,10H2,1-2H3. The normalized spacial score (nSPS) is 10.3. The molecule has 0 saturated carbocycles. The molecule has 22 heavy (non-hydrogen) atoms. The Hall–Kier alpha value is -2.34. The van der Waals surface area contributed by atoms with Crippen LogP contribution in [0.15, 0.2) is 47.4 Å². The molecule has 0 amide bonds. The Kier molecular flexibility index (Phi) is 5.16. The molecule has 0 bridgehead atoms. The van der Waals surface area contributed by atoms with Gasteiger partial charge >= 0.3 is 5.97 Å². The van der Waals surface area contributed by atoms with Crippen LogP contribution in [0.5, 0.6) is 0 Å². The summed E-state index contributed by atoms with van der Waals surface area (Å²) in [5.41, 5.74) is 1.70. The number of carbonyl (C=O) groups is 1. The summed E-state index contributed by atoms with van der Waals surface area (Å²) in [5, 5.41) is 11.2. The van der Waals surface area contributed by atoms with Crippen molar-refractivity contribution < 1.29 is 14.5 Å². The number of nitro groups is 1. The van der Waals surface area contributed by atoms with Crippen LogP contribution in [0.4, 0.5) is 5.69 Å². The number of ether oxygens (including phenoxy) is 1. The van der Waals surface area contributed by atoms with Crippen molar-refractivity contribution in [2.24, 2.45) is 0 Å². The lowest BCUT2D eigenvalue weighted by Crippen LogP contribution is -2.06. The Labute approximate surface area is 132 Å². The Morgan fingerprint density at radius 2 is 1.95 bits per heavy atom. The van der Waals surface area contributed by atoms with Crippen molar-refractivity contribution >= 4 is 23.4 Å². The molecule has 2 aromatic rings. The molecular weight excluding hydrogens is 302 g/mol. The number of carbonyl (C=O) groups excluding carboxylic acids is 1. The van der Waals surface area contributed by atoms with Gasteiger partial charge in [-0.15, -0.1) is 11.8 Å². The van der Waals surface area contributed by atoms with E-state index >= 15 is 0 Å². The molecule has 0 saturated heterocycles. The highest BCUT2D eigenvalue weighted by atomic mass is 32.2. The van der Waals surface area contributed by atoms with Crippen LogP contribution in [0.2, 0.25) is 0 Å². The second-order valence-corrected chi connectivity index (χ2v) is 5.67. The zero-order valence-electron chi connectivity index (χ0n) is 12.2. The first-order chi connectivity index (χ1) is 10.5. The third-order valence-electron chi connectivity index (χ3n) is 3.13. The molecular formula is C16H15NO4S. The van der Waals surface area contributed by atoms with E-state index in [1.807, 2.05) is 37.3 Å². The topological polar surface area (TPSA) is 69.4 Å². The monoisotopic (exact) mass is 317 g/mol. The van der Waals surface area contributed by atoms with E-state index in [0.29, 0.717) is 5.75 Å². The van der Waals surface area contributed by atoms with Crippen LogP contribution in [0.3, 0.4) is 0 Å². The first-order valence-electron chi connectivity index (χ1n) is 6.57. The van der Waals surface area contributed by atoms with Crippen molar-refractivity contribution in [3.63, 3.8) is 0 Å². The van der Waals surface area contributed by atoms with E-state index in [4.69, 9.17) is 0 Å². The van der Waals surface area contributed by atoms with Gasteiger partial charge in [0.05, 0.1) is 12.0 Å². The summed E-state index contributed by atoms with van der Waals surface area (Å²) >= 11 is 1.50. The minimum atomic E-state index is -0.700. The van der Waals surface area contributed by atoms with E-state index in [0.717, 1.165) is 16.0 Å². The van der Waals surface area contributed by atoms with Crippen molar-refractivity contribution in [2.75, 3.05) is 7.11 Å². The number of hydrogen-bond donors (Lipinski definition) is 0. The van der Waals surface area contributed by atoms with Crippen LogP contribution in [0, 0.1) is 17.0 Å². The Balaban J connectivity index is 2.30. The fraction of sp³-hybridized carbons (Fsp3) is 0.188. The maximum atomic E-state index is 11.6. The van der Waals surface area contributed by atoms with Crippen LogP contribution in [-0.4, -0.2) is 18.0 Å². The second kappa shape index (κ2) is 7.09. The van der Waals surface area contributed by atoms with Crippen molar-refractivity contribution in [3.05, 3.63) is 69.3 Å². The predicted octanol–water partition coefficient (Wildman–Crippen LogP) is 3.98. The molecule has 0 unspecified atom stereocenters. The lowest BCUT2D eigenvalue weighted by Gasteiger charge is -2.08. The fourth-order valence-corrected chi connectivity index (χ4v) is 2.99. The van der Waals surface area contributed by atoms with Crippen molar-refractivity contribution in [1.29, 1.82) is 0 Å². The molecule has 114 valence electrons. The van der Waals surface area contributed by atoms with Crippen molar-refractivity contribution in [3.8, 4) is 0 Å². The molecule has 0 aliphatic rings. The molecule has 0 radical (unpaired) electrons. The molecule has 0 aromatic heterocycles. The third-order valence-corrected chi connectivity index (χ3v) is 4.36. The van der Waals surface area contributed by atoms with Crippen LogP contribution in [-0.2, 0) is 10.5 Å². The van der Waals surface area contributed by atoms with Gasteiger partial charge in [-0.1, -0.05) is 30.3 Å². The SMILES string of the molecule is COC(=O)c1cc(C)c(SCc2ccccc2)cc1[N+](=O)[O-]. The van der Waals surface area contributed by atoms with Gasteiger partial charge in [0.1, 0.15) is 5.56 Å². The van der Waals surface area contributed by atoms with Crippen LogP contribution in [0.25, 0.3) is 0 Å². The van der Waals surface area contributed by atoms with Crippen molar-refractivity contribution in [2.45, 2.75) is 17.6 Å².